The minimum Gasteiger partial charge on any atom is -0.307 e. The van der Waals surface area contributed by atoms with Gasteiger partial charge < -0.3 is 5.32 Å². The first-order chi connectivity index (χ1) is 7.66. The Kier molecular flexibility index (Phi) is 4.34. The summed E-state index contributed by atoms with van der Waals surface area (Å²) in [6.45, 7) is 6.74. The van der Waals surface area contributed by atoms with Crippen LogP contribution in [0.1, 0.15) is 41.1 Å². The smallest absolute Gasteiger partial charge is 0.0305 e. The predicted octanol–water partition coefficient (Wildman–Crippen LogP) is 3.91. The Bertz CT molecular complexity index is 340. The highest BCUT2D eigenvalue weighted by atomic mass is 32.2. The number of thiophene rings is 1. The first kappa shape index (κ1) is 12.5. The van der Waals surface area contributed by atoms with Crippen molar-refractivity contribution in [3.63, 3.8) is 0 Å². The van der Waals surface area contributed by atoms with E-state index >= 15 is 0 Å². The average Bonchev–Trinajstić information content (AvgIpc) is 2.59. The van der Waals surface area contributed by atoms with Crippen LogP contribution in [0, 0.1) is 13.8 Å². The van der Waals surface area contributed by atoms with Crippen molar-refractivity contribution < 1.29 is 0 Å². The Labute approximate surface area is 107 Å². The summed E-state index contributed by atoms with van der Waals surface area (Å²) in [5.41, 5.74) is 1.50. The summed E-state index contributed by atoms with van der Waals surface area (Å²) < 4.78 is 0. The molecule has 0 spiro atoms. The van der Waals surface area contributed by atoms with Crippen molar-refractivity contribution in [2.45, 2.75) is 45.7 Å². The molecule has 90 valence electrons. The SMILES string of the molecule is Cc1cc(C(C)NC2CCCSC2)c(C)s1. The highest BCUT2D eigenvalue weighted by Crippen LogP contribution is 2.27. The number of hydrogen-bond donors (Lipinski definition) is 1. The molecular weight excluding hydrogens is 234 g/mol. The van der Waals surface area contributed by atoms with Crippen molar-refractivity contribution in [3.8, 4) is 0 Å². The van der Waals surface area contributed by atoms with Crippen LogP contribution in [0.15, 0.2) is 6.07 Å². The van der Waals surface area contributed by atoms with E-state index < -0.39 is 0 Å². The Hall–Kier alpha value is 0.01000. The van der Waals surface area contributed by atoms with Crippen molar-refractivity contribution in [1.29, 1.82) is 0 Å². The highest BCUT2D eigenvalue weighted by molar-refractivity contribution is 7.99. The van der Waals surface area contributed by atoms with Gasteiger partial charge in [0.25, 0.3) is 0 Å². The summed E-state index contributed by atoms with van der Waals surface area (Å²) >= 11 is 4.00. The van der Waals surface area contributed by atoms with Gasteiger partial charge in [-0.2, -0.15) is 11.8 Å². The summed E-state index contributed by atoms with van der Waals surface area (Å²) in [5, 5.41) is 3.78. The minimum atomic E-state index is 0.508. The molecule has 2 heterocycles. The Balaban J connectivity index is 1.96. The molecule has 2 rings (SSSR count). The molecule has 1 N–H and O–H groups in total. The zero-order chi connectivity index (χ0) is 11.5. The van der Waals surface area contributed by atoms with E-state index in [9.17, 15) is 0 Å². The van der Waals surface area contributed by atoms with E-state index in [0.717, 1.165) is 0 Å². The quantitative estimate of drug-likeness (QED) is 0.879. The van der Waals surface area contributed by atoms with E-state index in [-0.39, 0.29) is 0 Å². The lowest BCUT2D eigenvalue weighted by Gasteiger charge is -2.26. The highest BCUT2D eigenvalue weighted by Gasteiger charge is 2.18. The largest absolute Gasteiger partial charge is 0.307 e. The second kappa shape index (κ2) is 5.56. The van der Waals surface area contributed by atoms with Crippen LogP contribution >= 0.6 is 23.1 Å². The lowest BCUT2D eigenvalue weighted by atomic mass is 10.1. The second-order valence-corrected chi connectivity index (χ2v) is 7.28. The standard InChI is InChI=1S/C13H21NS2/c1-9-7-13(11(3)16-9)10(2)14-12-5-4-6-15-8-12/h7,10,12,14H,4-6,8H2,1-3H3. The minimum absolute atomic E-state index is 0.508. The lowest BCUT2D eigenvalue weighted by Crippen LogP contribution is -2.35. The zero-order valence-corrected chi connectivity index (χ0v) is 12.0. The molecular formula is C13H21NS2. The average molecular weight is 255 g/mol. The maximum atomic E-state index is 3.78. The maximum absolute atomic E-state index is 3.78. The molecule has 0 bridgehead atoms. The first-order valence-corrected chi connectivity index (χ1v) is 8.04. The lowest BCUT2D eigenvalue weighted by molar-refractivity contribution is 0.452. The number of thioether (sulfide) groups is 1. The number of nitrogens with one attached hydrogen (secondary N) is 1. The molecule has 1 aliphatic heterocycles. The van der Waals surface area contributed by atoms with Gasteiger partial charge in [-0.3, -0.25) is 0 Å². The van der Waals surface area contributed by atoms with Gasteiger partial charge in [0.05, 0.1) is 0 Å². The summed E-state index contributed by atoms with van der Waals surface area (Å²) in [6, 6.07) is 3.56. The zero-order valence-electron chi connectivity index (χ0n) is 10.4. The van der Waals surface area contributed by atoms with Crippen molar-refractivity contribution >= 4 is 23.1 Å². The van der Waals surface area contributed by atoms with Gasteiger partial charge in [0.15, 0.2) is 0 Å². The molecule has 0 saturated carbocycles. The molecule has 1 aliphatic rings. The fourth-order valence-electron chi connectivity index (χ4n) is 2.40. The van der Waals surface area contributed by atoms with Gasteiger partial charge in [-0.25, -0.2) is 0 Å². The molecule has 1 aromatic heterocycles. The molecule has 2 atom stereocenters. The van der Waals surface area contributed by atoms with E-state index in [4.69, 9.17) is 0 Å². The molecule has 0 aliphatic carbocycles. The third kappa shape index (κ3) is 3.02. The van der Waals surface area contributed by atoms with E-state index in [1.54, 1.807) is 0 Å². The molecule has 1 saturated heterocycles. The number of aryl methyl sites for hydroxylation is 2. The van der Waals surface area contributed by atoms with Crippen LogP contribution in [0.2, 0.25) is 0 Å². The van der Waals surface area contributed by atoms with Gasteiger partial charge in [0.2, 0.25) is 0 Å². The molecule has 0 aromatic carbocycles. The number of hydrogen-bond acceptors (Lipinski definition) is 3. The molecule has 1 aromatic rings. The van der Waals surface area contributed by atoms with Crippen molar-refractivity contribution in [1.82, 2.24) is 5.32 Å². The van der Waals surface area contributed by atoms with Crippen molar-refractivity contribution in [2.24, 2.45) is 0 Å². The molecule has 0 radical (unpaired) electrons. The molecule has 2 unspecified atom stereocenters. The maximum Gasteiger partial charge on any atom is 0.0305 e. The van der Waals surface area contributed by atoms with E-state index in [0.29, 0.717) is 12.1 Å². The topological polar surface area (TPSA) is 12.0 Å². The fourth-order valence-corrected chi connectivity index (χ4v) is 4.50. The van der Waals surface area contributed by atoms with Crippen LogP contribution in [-0.4, -0.2) is 17.5 Å². The summed E-state index contributed by atoms with van der Waals surface area (Å²) in [6.07, 6.45) is 2.72. The van der Waals surface area contributed by atoms with Crippen molar-refractivity contribution in [2.75, 3.05) is 11.5 Å². The van der Waals surface area contributed by atoms with Gasteiger partial charge >= 0.3 is 0 Å². The Morgan fingerprint density at radius 1 is 1.44 bits per heavy atom. The monoisotopic (exact) mass is 255 g/mol. The first-order valence-electron chi connectivity index (χ1n) is 6.07. The van der Waals surface area contributed by atoms with Crippen LogP contribution < -0.4 is 5.32 Å². The molecule has 1 nitrogen and oxygen atoms in total. The normalized spacial score (nSPS) is 23.3. The molecule has 16 heavy (non-hydrogen) atoms. The van der Waals surface area contributed by atoms with Gasteiger partial charge in [-0.1, -0.05) is 0 Å². The third-order valence-corrected chi connectivity index (χ3v) is 5.39. The second-order valence-electron chi connectivity index (χ2n) is 4.67. The van der Waals surface area contributed by atoms with Crippen LogP contribution in [0.25, 0.3) is 0 Å². The Morgan fingerprint density at radius 3 is 2.81 bits per heavy atom. The van der Waals surface area contributed by atoms with E-state index in [2.05, 4.69) is 43.9 Å². The number of rotatable bonds is 3. The summed E-state index contributed by atoms with van der Waals surface area (Å²) in [4.78, 5) is 2.90. The Morgan fingerprint density at radius 2 is 2.25 bits per heavy atom. The molecule has 0 amide bonds. The van der Waals surface area contributed by atoms with Crippen LogP contribution in [0.5, 0.6) is 0 Å². The van der Waals surface area contributed by atoms with Crippen LogP contribution in [0.3, 0.4) is 0 Å². The molecule has 3 heteroatoms. The van der Waals surface area contributed by atoms with E-state index in [1.807, 2.05) is 11.3 Å². The molecule has 1 fully saturated rings. The van der Waals surface area contributed by atoms with Gasteiger partial charge in [0.1, 0.15) is 0 Å². The van der Waals surface area contributed by atoms with E-state index in [1.165, 1.54) is 39.7 Å². The predicted molar refractivity (Wildman–Crippen MR) is 75.7 cm³/mol. The summed E-state index contributed by atoms with van der Waals surface area (Å²) in [5.74, 6) is 2.63. The van der Waals surface area contributed by atoms with Gasteiger partial charge in [0, 0.05) is 27.6 Å². The van der Waals surface area contributed by atoms with Crippen molar-refractivity contribution in [3.05, 3.63) is 21.4 Å². The van der Waals surface area contributed by atoms with Crippen LogP contribution in [0.4, 0.5) is 0 Å². The van der Waals surface area contributed by atoms with Gasteiger partial charge in [-0.15, -0.1) is 11.3 Å². The third-order valence-electron chi connectivity index (χ3n) is 3.19. The van der Waals surface area contributed by atoms with Crippen LogP contribution in [-0.2, 0) is 0 Å². The fraction of sp³-hybridized carbons (Fsp3) is 0.692. The summed E-state index contributed by atoms with van der Waals surface area (Å²) in [7, 11) is 0. The van der Waals surface area contributed by atoms with Gasteiger partial charge in [-0.05, 0) is 51.0 Å².